The van der Waals surface area contributed by atoms with Crippen molar-refractivity contribution >= 4 is 17.3 Å². The van der Waals surface area contributed by atoms with Crippen LogP contribution in [0.2, 0.25) is 0 Å². The number of rotatable bonds is 6. The molecule has 0 aliphatic carbocycles. The van der Waals surface area contributed by atoms with Gasteiger partial charge in [-0.25, -0.2) is 4.79 Å². The van der Waals surface area contributed by atoms with Crippen LogP contribution in [-0.4, -0.2) is 49.5 Å². The molecular formula is C22H30N4O6. The molecule has 0 unspecified atom stereocenters. The Kier molecular flexibility index (Phi) is 6.81. The first-order valence-corrected chi connectivity index (χ1v) is 10.4. The van der Waals surface area contributed by atoms with Crippen LogP contribution < -0.4 is 35.7 Å². The molecular weight excluding hydrogens is 416 g/mol. The van der Waals surface area contributed by atoms with Gasteiger partial charge in [-0.3, -0.25) is 18.7 Å². The predicted octanol–water partition coefficient (Wildman–Crippen LogP) is 1.27. The number of nitrogens with one attached hydrogen (secondary N) is 1. The van der Waals surface area contributed by atoms with E-state index in [0.29, 0.717) is 60.2 Å². The molecule has 1 saturated heterocycles. The third kappa shape index (κ3) is 4.17. The second-order valence-corrected chi connectivity index (χ2v) is 7.80. The van der Waals surface area contributed by atoms with Crippen molar-refractivity contribution in [2.24, 2.45) is 20.0 Å². The molecule has 1 aliphatic heterocycles. The fourth-order valence-electron chi connectivity index (χ4n) is 4.05. The van der Waals surface area contributed by atoms with Crippen molar-refractivity contribution in [3.63, 3.8) is 0 Å². The zero-order valence-corrected chi connectivity index (χ0v) is 19.4. The highest BCUT2D eigenvalue weighted by molar-refractivity contribution is 5.93. The minimum absolute atomic E-state index is 0.107. The molecule has 1 fully saturated rings. The molecule has 10 heteroatoms. The van der Waals surface area contributed by atoms with E-state index in [1.807, 2.05) is 4.90 Å². The lowest BCUT2D eigenvalue weighted by Gasteiger charge is -2.33. The Bertz CT molecular complexity index is 1100. The molecule has 1 aliphatic rings. The standard InChI is InChI=1S/C22H30N4O6/c1-13-18(21(28)25(3)22(29)24(13)2)26-9-7-14(8-10-26)20(27)23-15-11-16(30-4)19(32-6)17(12-15)31-5/h11-12,14H,7-10H2,1-6H3,(H,23,27). The van der Waals surface area contributed by atoms with Gasteiger partial charge < -0.3 is 24.4 Å². The van der Waals surface area contributed by atoms with Gasteiger partial charge in [-0.1, -0.05) is 0 Å². The molecule has 10 nitrogen and oxygen atoms in total. The normalized spacial score (nSPS) is 14.2. The second kappa shape index (κ2) is 9.37. The van der Waals surface area contributed by atoms with Gasteiger partial charge in [0.1, 0.15) is 5.69 Å². The highest BCUT2D eigenvalue weighted by Gasteiger charge is 2.28. The van der Waals surface area contributed by atoms with Crippen molar-refractivity contribution < 1.29 is 19.0 Å². The highest BCUT2D eigenvalue weighted by atomic mass is 16.5. The van der Waals surface area contributed by atoms with Crippen molar-refractivity contribution in [3.8, 4) is 17.2 Å². The van der Waals surface area contributed by atoms with E-state index in [1.165, 1.54) is 32.9 Å². The monoisotopic (exact) mass is 446 g/mol. The SMILES string of the molecule is COc1cc(NC(=O)C2CCN(c3c(C)n(C)c(=O)n(C)c3=O)CC2)cc(OC)c1OC. The van der Waals surface area contributed by atoms with Gasteiger partial charge >= 0.3 is 5.69 Å². The van der Waals surface area contributed by atoms with Crippen LogP contribution in [0.5, 0.6) is 17.2 Å². The van der Waals surface area contributed by atoms with E-state index in [2.05, 4.69) is 5.32 Å². The van der Waals surface area contributed by atoms with Crippen molar-refractivity contribution in [1.82, 2.24) is 9.13 Å². The Morgan fingerprint density at radius 2 is 1.53 bits per heavy atom. The molecule has 174 valence electrons. The smallest absolute Gasteiger partial charge is 0.330 e. The van der Waals surface area contributed by atoms with E-state index in [1.54, 1.807) is 26.1 Å². The summed E-state index contributed by atoms with van der Waals surface area (Å²) in [6.07, 6.45) is 1.17. The maximum absolute atomic E-state index is 12.9. The highest BCUT2D eigenvalue weighted by Crippen LogP contribution is 2.40. The topological polar surface area (TPSA) is 104 Å². The summed E-state index contributed by atoms with van der Waals surface area (Å²) < 4.78 is 18.6. The molecule has 32 heavy (non-hydrogen) atoms. The minimum atomic E-state index is -0.351. The van der Waals surface area contributed by atoms with Gasteiger partial charge in [-0.15, -0.1) is 0 Å². The van der Waals surface area contributed by atoms with Gasteiger partial charge in [-0.05, 0) is 19.8 Å². The summed E-state index contributed by atoms with van der Waals surface area (Å²) >= 11 is 0. The number of benzene rings is 1. The average molecular weight is 447 g/mol. The number of nitrogens with zero attached hydrogens (tertiary/aromatic N) is 3. The Hall–Kier alpha value is -3.43. The van der Waals surface area contributed by atoms with Crippen LogP contribution in [-0.2, 0) is 18.9 Å². The van der Waals surface area contributed by atoms with Gasteiger partial charge in [-0.2, -0.15) is 0 Å². The molecule has 0 spiro atoms. The van der Waals surface area contributed by atoms with E-state index in [-0.39, 0.29) is 23.1 Å². The number of amides is 1. The Morgan fingerprint density at radius 3 is 2.03 bits per heavy atom. The lowest BCUT2D eigenvalue weighted by atomic mass is 9.95. The van der Waals surface area contributed by atoms with Crippen LogP contribution in [0.3, 0.4) is 0 Å². The molecule has 1 amide bonds. The van der Waals surface area contributed by atoms with Crippen LogP contribution in [0.25, 0.3) is 0 Å². The summed E-state index contributed by atoms with van der Waals surface area (Å²) in [5.41, 5.74) is 1.02. The van der Waals surface area contributed by atoms with E-state index in [4.69, 9.17) is 14.2 Å². The number of hydrogen-bond acceptors (Lipinski definition) is 7. The van der Waals surface area contributed by atoms with E-state index < -0.39 is 0 Å². The number of carbonyl (C=O) groups is 1. The fraction of sp³-hybridized carbons (Fsp3) is 0.500. The zero-order chi connectivity index (χ0) is 23.6. The molecule has 0 bridgehead atoms. The summed E-state index contributed by atoms with van der Waals surface area (Å²) in [7, 11) is 7.68. The van der Waals surface area contributed by atoms with Crippen molar-refractivity contribution in [2.75, 3.05) is 44.6 Å². The first-order chi connectivity index (χ1) is 15.2. The zero-order valence-electron chi connectivity index (χ0n) is 19.4. The quantitative estimate of drug-likeness (QED) is 0.713. The van der Waals surface area contributed by atoms with Gasteiger partial charge in [0.05, 0.1) is 21.3 Å². The lowest BCUT2D eigenvalue weighted by Crippen LogP contribution is -2.46. The minimum Gasteiger partial charge on any atom is -0.493 e. The van der Waals surface area contributed by atoms with Crippen molar-refractivity contribution in [1.29, 1.82) is 0 Å². The van der Waals surface area contributed by atoms with Crippen LogP contribution in [0, 0.1) is 12.8 Å². The Labute approximate surface area is 186 Å². The number of methoxy groups -OCH3 is 3. The summed E-state index contributed by atoms with van der Waals surface area (Å²) in [5.74, 6) is 1.05. The molecule has 0 radical (unpaired) electrons. The van der Waals surface area contributed by atoms with Crippen LogP contribution in [0.1, 0.15) is 18.5 Å². The molecule has 0 atom stereocenters. The molecule has 0 saturated carbocycles. The molecule has 1 aromatic carbocycles. The first-order valence-electron chi connectivity index (χ1n) is 10.4. The van der Waals surface area contributed by atoms with Crippen LogP contribution in [0.15, 0.2) is 21.7 Å². The van der Waals surface area contributed by atoms with Gasteiger partial charge in [0.15, 0.2) is 11.5 Å². The summed E-state index contributed by atoms with van der Waals surface area (Å²) in [6.45, 7) is 2.85. The Morgan fingerprint density at radius 1 is 0.969 bits per heavy atom. The summed E-state index contributed by atoms with van der Waals surface area (Å²) in [5, 5.41) is 2.93. The maximum Gasteiger partial charge on any atom is 0.330 e. The number of aromatic nitrogens is 2. The molecule has 2 heterocycles. The van der Waals surface area contributed by atoms with Crippen LogP contribution >= 0.6 is 0 Å². The van der Waals surface area contributed by atoms with E-state index in [9.17, 15) is 14.4 Å². The van der Waals surface area contributed by atoms with Crippen molar-refractivity contribution in [3.05, 3.63) is 38.7 Å². The first kappa shape index (κ1) is 23.2. The number of carbonyl (C=O) groups excluding carboxylic acids is 1. The molecule has 3 rings (SSSR count). The molecule has 1 N–H and O–H groups in total. The number of ether oxygens (including phenoxy) is 3. The largest absolute Gasteiger partial charge is 0.493 e. The Balaban J connectivity index is 1.74. The van der Waals surface area contributed by atoms with E-state index in [0.717, 1.165) is 4.57 Å². The van der Waals surface area contributed by atoms with Gasteiger partial charge in [0, 0.05) is 56.6 Å². The van der Waals surface area contributed by atoms with E-state index >= 15 is 0 Å². The van der Waals surface area contributed by atoms with Gasteiger partial charge in [0.25, 0.3) is 5.56 Å². The molecule has 2 aromatic rings. The third-order valence-corrected chi connectivity index (χ3v) is 6.04. The average Bonchev–Trinajstić information content (AvgIpc) is 2.81. The number of hydrogen-bond donors (Lipinski definition) is 1. The second-order valence-electron chi connectivity index (χ2n) is 7.80. The number of anilines is 2. The third-order valence-electron chi connectivity index (χ3n) is 6.04. The fourth-order valence-corrected chi connectivity index (χ4v) is 4.05. The van der Waals surface area contributed by atoms with Crippen molar-refractivity contribution in [2.45, 2.75) is 19.8 Å². The van der Waals surface area contributed by atoms with Gasteiger partial charge in [0.2, 0.25) is 11.7 Å². The van der Waals surface area contributed by atoms with Crippen LogP contribution in [0.4, 0.5) is 11.4 Å². The lowest BCUT2D eigenvalue weighted by molar-refractivity contribution is -0.120. The summed E-state index contributed by atoms with van der Waals surface area (Å²) in [6, 6.07) is 3.37. The summed E-state index contributed by atoms with van der Waals surface area (Å²) in [4.78, 5) is 39.7. The maximum atomic E-state index is 12.9. The predicted molar refractivity (Wildman–Crippen MR) is 121 cm³/mol. The number of piperidine rings is 1. The molecule has 1 aromatic heterocycles.